The molecule has 1 unspecified atom stereocenters. The molecule has 1 aliphatic rings. The third kappa shape index (κ3) is 5.06. The van der Waals surface area contributed by atoms with Gasteiger partial charge >= 0.3 is 5.97 Å². The first-order valence-electron chi connectivity index (χ1n) is 8.94. The van der Waals surface area contributed by atoms with Crippen molar-refractivity contribution in [3.63, 3.8) is 0 Å². The van der Waals surface area contributed by atoms with E-state index in [-0.39, 0.29) is 0 Å². The number of benzene rings is 1. The van der Waals surface area contributed by atoms with Gasteiger partial charge in [-0.25, -0.2) is 4.79 Å². The average molecular weight is 371 g/mol. The Bertz CT molecular complexity index is 777. The van der Waals surface area contributed by atoms with E-state index >= 15 is 0 Å². The second-order valence-corrected chi connectivity index (χ2v) is 5.39. The lowest BCUT2D eigenvalue weighted by atomic mass is 9.95. The zero-order chi connectivity index (χ0) is 20.4. The second-order valence-electron chi connectivity index (χ2n) is 5.39. The van der Waals surface area contributed by atoms with Crippen LogP contribution in [0.1, 0.15) is 39.3 Å². The molecule has 0 bridgehead atoms. The highest BCUT2D eigenvalue weighted by Gasteiger charge is 2.32. The molecule has 0 saturated heterocycles. The topological polar surface area (TPSA) is 72.3 Å². The van der Waals surface area contributed by atoms with E-state index in [1.165, 1.54) is 7.11 Å². The van der Waals surface area contributed by atoms with Crippen LogP contribution in [0, 0.1) is 0 Å². The maximum Gasteiger partial charge on any atom is 0.338 e. The number of hydrogen-bond acceptors (Lipinski definition) is 6. The first kappa shape index (κ1) is 22.2. The Morgan fingerprint density at radius 3 is 2.48 bits per heavy atom. The third-order valence-corrected chi connectivity index (χ3v) is 3.89. The number of carbonyl (C=O) groups is 1. The van der Waals surface area contributed by atoms with Gasteiger partial charge in [-0.1, -0.05) is 38.1 Å². The lowest BCUT2D eigenvalue weighted by molar-refractivity contribution is -0.136. The molecule has 6 heteroatoms. The van der Waals surface area contributed by atoms with E-state index in [1.807, 2.05) is 64.1 Å². The minimum absolute atomic E-state index is 0.426. The smallest absolute Gasteiger partial charge is 0.338 e. The summed E-state index contributed by atoms with van der Waals surface area (Å²) in [6.45, 7) is 7.74. The molecule has 146 valence electrons. The van der Waals surface area contributed by atoms with E-state index in [2.05, 4.69) is 10.3 Å². The van der Waals surface area contributed by atoms with Crippen molar-refractivity contribution >= 4 is 17.5 Å². The zero-order valence-electron chi connectivity index (χ0n) is 17.2. The molecule has 0 aliphatic carbocycles. The number of para-hydroxylation sites is 1. The molecule has 1 aromatic rings. The quantitative estimate of drug-likeness (QED) is 0.630. The van der Waals surface area contributed by atoms with Crippen LogP contribution in [0.15, 0.2) is 57.7 Å². The highest BCUT2D eigenvalue weighted by molar-refractivity contribution is 6.46. The molecule has 0 amide bonds. The lowest BCUT2D eigenvalue weighted by Gasteiger charge is -2.26. The van der Waals surface area contributed by atoms with Crippen molar-refractivity contribution in [3.05, 3.63) is 53.3 Å². The van der Waals surface area contributed by atoms with Crippen molar-refractivity contribution < 1.29 is 14.3 Å². The second kappa shape index (κ2) is 11.0. The molecule has 2 rings (SSSR count). The molecule has 1 heterocycles. The Morgan fingerprint density at radius 1 is 1.26 bits per heavy atom. The van der Waals surface area contributed by atoms with Gasteiger partial charge in [0.15, 0.2) is 5.84 Å². The minimum Gasteiger partial charge on any atom is -0.496 e. The number of rotatable bonds is 5. The summed E-state index contributed by atoms with van der Waals surface area (Å²) < 4.78 is 10.4. The molecule has 1 aromatic carbocycles. The van der Waals surface area contributed by atoms with E-state index in [9.17, 15) is 4.79 Å². The molecular formula is C21H29N3O3. The number of ether oxygens (including phenoxy) is 2. The van der Waals surface area contributed by atoms with Gasteiger partial charge in [-0.05, 0) is 26.0 Å². The van der Waals surface area contributed by atoms with Gasteiger partial charge < -0.3 is 14.8 Å². The molecule has 0 saturated carbocycles. The van der Waals surface area contributed by atoms with Crippen LogP contribution in [-0.4, -0.2) is 38.8 Å². The van der Waals surface area contributed by atoms with Crippen molar-refractivity contribution in [2.24, 2.45) is 9.98 Å². The number of allylic oxidation sites excluding steroid dienone is 2. The van der Waals surface area contributed by atoms with Crippen LogP contribution in [0.25, 0.3) is 0 Å². The van der Waals surface area contributed by atoms with Crippen LogP contribution in [0.5, 0.6) is 5.75 Å². The van der Waals surface area contributed by atoms with Crippen molar-refractivity contribution in [2.45, 2.75) is 33.7 Å². The van der Waals surface area contributed by atoms with Crippen molar-refractivity contribution in [3.8, 4) is 5.75 Å². The minimum atomic E-state index is -0.540. The SMILES string of the molecule is C/C=C\C(=NC)C1=NC(c2ccccc2OC)C(C(=O)OC)=C(C)N1.CC. The fourth-order valence-electron chi connectivity index (χ4n) is 2.72. The Morgan fingerprint density at radius 2 is 1.93 bits per heavy atom. The van der Waals surface area contributed by atoms with Crippen LogP contribution in [0.3, 0.4) is 0 Å². The first-order chi connectivity index (χ1) is 13.1. The van der Waals surface area contributed by atoms with E-state index in [0.717, 1.165) is 5.56 Å². The van der Waals surface area contributed by atoms with Crippen molar-refractivity contribution in [1.29, 1.82) is 0 Å². The Balaban J connectivity index is 0.00000176. The normalized spacial score (nSPS) is 16.9. The molecule has 6 nitrogen and oxygen atoms in total. The largest absolute Gasteiger partial charge is 0.496 e. The number of aliphatic imine (C=N–C) groups is 2. The molecule has 1 atom stereocenters. The summed E-state index contributed by atoms with van der Waals surface area (Å²) in [6.07, 6.45) is 3.75. The Labute approximate surface area is 161 Å². The monoisotopic (exact) mass is 371 g/mol. The van der Waals surface area contributed by atoms with Gasteiger partial charge in [0.2, 0.25) is 0 Å². The number of nitrogens with zero attached hydrogens (tertiary/aromatic N) is 2. The summed E-state index contributed by atoms with van der Waals surface area (Å²) in [4.78, 5) is 21.4. The zero-order valence-corrected chi connectivity index (χ0v) is 17.2. The molecule has 0 radical (unpaired) electrons. The predicted molar refractivity (Wildman–Crippen MR) is 111 cm³/mol. The van der Waals surface area contributed by atoms with Gasteiger partial charge in [-0.15, -0.1) is 0 Å². The number of nitrogens with one attached hydrogen (secondary N) is 1. The van der Waals surface area contributed by atoms with Crippen LogP contribution in [0.2, 0.25) is 0 Å². The maximum absolute atomic E-state index is 12.4. The molecule has 0 aromatic heterocycles. The summed E-state index contributed by atoms with van der Waals surface area (Å²) in [5.74, 6) is 0.833. The average Bonchev–Trinajstić information content (AvgIpc) is 2.72. The molecule has 1 aliphatic heterocycles. The number of esters is 1. The maximum atomic E-state index is 12.4. The Kier molecular flexibility index (Phi) is 8.99. The highest BCUT2D eigenvalue weighted by Crippen LogP contribution is 2.36. The predicted octanol–water partition coefficient (Wildman–Crippen LogP) is 3.86. The molecule has 27 heavy (non-hydrogen) atoms. The number of hydrogen-bond donors (Lipinski definition) is 1. The fraction of sp³-hybridized carbons (Fsp3) is 0.381. The molecule has 0 spiro atoms. The van der Waals surface area contributed by atoms with Gasteiger partial charge in [0.25, 0.3) is 0 Å². The van der Waals surface area contributed by atoms with E-state index in [4.69, 9.17) is 14.5 Å². The molecule has 0 fully saturated rings. The number of carbonyl (C=O) groups excluding carboxylic acids is 1. The summed E-state index contributed by atoms with van der Waals surface area (Å²) >= 11 is 0. The van der Waals surface area contributed by atoms with E-state index in [1.54, 1.807) is 14.2 Å². The van der Waals surface area contributed by atoms with Gasteiger partial charge in [0.1, 0.15) is 11.8 Å². The number of methoxy groups -OCH3 is 2. The Hall–Kier alpha value is -2.89. The molecular weight excluding hydrogens is 342 g/mol. The fourth-order valence-corrected chi connectivity index (χ4v) is 2.72. The summed E-state index contributed by atoms with van der Waals surface area (Å²) in [5.41, 5.74) is 2.62. The summed E-state index contributed by atoms with van der Waals surface area (Å²) in [5, 5.41) is 3.16. The first-order valence-corrected chi connectivity index (χ1v) is 8.94. The van der Waals surface area contributed by atoms with Crippen LogP contribution in [0.4, 0.5) is 0 Å². The van der Waals surface area contributed by atoms with Gasteiger partial charge in [0, 0.05) is 18.3 Å². The van der Waals surface area contributed by atoms with Gasteiger partial charge in [0.05, 0.1) is 25.5 Å². The van der Waals surface area contributed by atoms with Crippen LogP contribution >= 0.6 is 0 Å². The third-order valence-electron chi connectivity index (χ3n) is 3.89. The highest BCUT2D eigenvalue weighted by atomic mass is 16.5. The van der Waals surface area contributed by atoms with Crippen molar-refractivity contribution in [1.82, 2.24) is 5.32 Å². The van der Waals surface area contributed by atoms with E-state index in [0.29, 0.717) is 28.6 Å². The van der Waals surface area contributed by atoms with Crippen LogP contribution in [-0.2, 0) is 9.53 Å². The van der Waals surface area contributed by atoms with Gasteiger partial charge in [-0.3, -0.25) is 9.98 Å². The van der Waals surface area contributed by atoms with E-state index < -0.39 is 12.0 Å². The standard InChI is InChI=1S/C19H23N3O3.C2H6/c1-6-9-14(20-3)18-21-12(2)16(19(23)25-5)17(22-18)13-10-7-8-11-15(13)24-4;1-2/h6-11,17H,1-5H3,(H,21,22);1-2H3/b9-6-,20-14?;. The van der Waals surface area contributed by atoms with Gasteiger partial charge in [-0.2, -0.15) is 0 Å². The van der Waals surface area contributed by atoms with Crippen molar-refractivity contribution in [2.75, 3.05) is 21.3 Å². The summed E-state index contributed by atoms with van der Waals surface area (Å²) in [7, 11) is 4.66. The molecule has 1 N–H and O–H groups in total. The summed E-state index contributed by atoms with van der Waals surface area (Å²) in [6, 6.07) is 6.96. The number of amidine groups is 1. The van der Waals surface area contributed by atoms with Crippen LogP contribution < -0.4 is 10.1 Å². The lowest BCUT2D eigenvalue weighted by Crippen LogP contribution is -2.36.